The summed E-state index contributed by atoms with van der Waals surface area (Å²) in [6.07, 6.45) is 0.409. The summed E-state index contributed by atoms with van der Waals surface area (Å²) < 4.78 is 31.4. The third-order valence-corrected chi connectivity index (χ3v) is 5.01. The number of rotatable bonds is 3. The van der Waals surface area contributed by atoms with Crippen molar-refractivity contribution < 1.29 is 13.2 Å². The van der Waals surface area contributed by atoms with Crippen LogP contribution in [-0.4, -0.2) is 32.1 Å². The minimum Gasteiger partial charge on any atom is -0.362 e. The minimum atomic E-state index is -3.29. The Morgan fingerprint density at radius 1 is 1.33 bits per heavy atom. The molecule has 0 aliphatic carbocycles. The summed E-state index contributed by atoms with van der Waals surface area (Å²) in [4.78, 5) is 0. The van der Waals surface area contributed by atoms with Gasteiger partial charge in [0.05, 0.1) is 5.75 Å². The second kappa shape index (κ2) is 5.38. The average molecular weight is 269 g/mol. The van der Waals surface area contributed by atoms with Gasteiger partial charge in [0.25, 0.3) is 0 Å². The van der Waals surface area contributed by atoms with Crippen LogP contribution in [0.4, 0.5) is 0 Å². The van der Waals surface area contributed by atoms with E-state index in [0.29, 0.717) is 13.2 Å². The molecular weight excluding hydrogens is 250 g/mol. The van der Waals surface area contributed by atoms with Crippen LogP contribution in [0.2, 0.25) is 0 Å². The standard InChI is InChI=1S/C13H19NO3S/c1-11-4-6-13(7-5-11)10-18(15,16)14-8-3-9-17-12(14)2/h4-7,12H,3,8-10H2,1-2H3. The molecule has 1 aliphatic rings. The lowest BCUT2D eigenvalue weighted by Crippen LogP contribution is -2.45. The van der Waals surface area contributed by atoms with Crippen molar-refractivity contribution in [1.82, 2.24) is 4.31 Å². The molecule has 1 aliphatic heterocycles. The van der Waals surface area contributed by atoms with Gasteiger partial charge >= 0.3 is 0 Å². The first kappa shape index (κ1) is 13.5. The summed E-state index contributed by atoms with van der Waals surface area (Å²) in [6, 6.07) is 7.59. The van der Waals surface area contributed by atoms with Crippen LogP contribution in [0, 0.1) is 6.92 Å². The van der Waals surface area contributed by atoms with Gasteiger partial charge in [-0.15, -0.1) is 0 Å². The van der Waals surface area contributed by atoms with Gasteiger partial charge in [-0.25, -0.2) is 8.42 Å². The highest BCUT2D eigenvalue weighted by atomic mass is 32.2. The SMILES string of the molecule is Cc1ccc(CS(=O)(=O)N2CCCOC2C)cc1. The fourth-order valence-electron chi connectivity index (χ4n) is 2.08. The molecule has 1 heterocycles. The average Bonchev–Trinajstić information content (AvgIpc) is 2.32. The van der Waals surface area contributed by atoms with E-state index in [1.807, 2.05) is 31.2 Å². The minimum absolute atomic E-state index is 0.0426. The summed E-state index contributed by atoms with van der Waals surface area (Å²) in [5.41, 5.74) is 1.95. The maximum Gasteiger partial charge on any atom is 0.220 e. The second-order valence-corrected chi connectivity index (χ2v) is 6.60. The molecule has 1 aromatic carbocycles. The van der Waals surface area contributed by atoms with Crippen molar-refractivity contribution >= 4 is 10.0 Å². The Morgan fingerprint density at radius 2 is 2.00 bits per heavy atom. The van der Waals surface area contributed by atoms with Crippen LogP contribution in [0.15, 0.2) is 24.3 Å². The number of ether oxygens (including phenoxy) is 1. The van der Waals surface area contributed by atoms with Crippen molar-refractivity contribution in [3.63, 3.8) is 0 Å². The zero-order valence-corrected chi connectivity index (χ0v) is 11.6. The Bertz CT molecular complexity index is 495. The first-order valence-corrected chi connectivity index (χ1v) is 7.76. The molecule has 0 aromatic heterocycles. The maximum atomic E-state index is 12.3. The first-order chi connectivity index (χ1) is 8.49. The summed E-state index contributed by atoms with van der Waals surface area (Å²) >= 11 is 0. The van der Waals surface area contributed by atoms with Gasteiger partial charge < -0.3 is 4.74 Å². The van der Waals surface area contributed by atoms with Gasteiger partial charge in [-0.05, 0) is 25.8 Å². The fourth-order valence-corrected chi connectivity index (χ4v) is 3.78. The van der Waals surface area contributed by atoms with Crippen molar-refractivity contribution in [3.05, 3.63) is 35.4 Å². The number of sulfonamides is 1. The largest absolute Gasteiger partial charge is 0.362 e. The molecule has 1 saturated heterocycles. The molecule has 1 aromatic rings. The molecule has 1 unspecified atom stereocenters. The normalized spacial score (nSPS) is 22.0. The summed E-state index contributed by atoms with van der Waals surface area (Å²) in [5, 5.41) is 0. The monoisotopic (exact) mass is 269 g/mol. The molecule has 0 amide bonds. The highest BCUT2D eigenvalue weighted by Crippen LogP contribution is 2.18. The van der Waals surface area contributed by atoms with E-state index >= 15 is 0 Å². The molecule has 0 spiro atoms. The first-order valence-electron chi connectivity index (χ1n) is 6.16. The lowest BCUT2D eigenvalue weighted by atomic mass is 10.2. The van der Waals surface area contributed by atoms with Gasteiger partial charge in [0.2, 0.25) is 10.0 Å². The van der Waals surface area contributed by atoms with E-state index in [2.05, 4.69) is 0 Å². The van der Waals surface area contributed by atoms with Crippen molar-refractivity contribution in [3.8, 4) is 0 Å². The molecule has 4 nitrogen and oxygen atoms in total. The van der Waals surface area contributed by atoms with Crippen LogP contribution in [0.5, 0.6) is 0 Å². The molecule has 5 heteroatoms. The van der Waals surface area contributed by atoms with Gasteiger partial charge in [-0.2, -0.15) is 4.31 Å². The van der Waals surface area contributed by atoms with Crippen molar-refractivity contribution in [2.75, 3.05) is 13.2 Å². The van der Waals surface area contributed by atoms with Gasteiger partial charge in [0.1, 0.15) is 6.23 Å². The van der Waals surface area contributed by atoms with Crippen LogP contribution < -0.4 is 0 Å². The van der Waals surface area contributed by atoms with Crippen molar-refractivity contribution in [1.29, 1.82) is 0 Å². The maximum absolute atomic E-state index is 12.3. The van der Waals surface area contributed by atoms with Gasteiger partial charge in [0, 0.05) is 13.2 Å². The van der Waals surface area contributed by atoms with Crippen molar-refractivity contribution in [2.24, 2.45) is 0 Å². The lowest BCUT2D eigenvalue weighted by molar-refractivity contribution is -0.0411. The second-order valence-electron chi connectivity index (χ2n) is 4.68. The predicted octanol–water partition coefficient (Wildman–Crippen LogP) is 1.89. The molecule has 2 rings (SSSR count). The quantitative estimate of drug-likeness (QED) is 0.842. The zero-order valence-electron chi connectivity index (χ0n) is 10.8. The highest BCUT2D eigenvalue weighted by molar-refractivity contribution is 7.88. The van der Waals surface area contributed by atoms with E-state index < -0.39 is 10.0 Å². The van der Waals surface area contributed by atoms with Crippen molar-refractivity contribution in [2.45, 2.75) is 32.2 Å². The van der Waals surface area contributed by atoms with Gasteiger partial charge in [-0.3, -0.25) is 0 Å². The van der Waals surface area contributed by atoms with E-state index in [9.17, 15) is 8.42 Å². The summed E-state index contributed by atoms with van der Waals surface area (Å²) in [7, 11) is -3.29. The number of benzene rings is 1. The summed E-state index contributed by atoms with van der Waals surface area (Å²) in [6.45, 7) is 4.96. The van der Waals surface area contributed by atoms with Crippen LogP contribution in [0.3, 0.4) is 0 Å². The smallest absolute Gasteiger partial charge is 0.220 e. The number of hydrogen-bond acceptors (Lipinski definition) is 3. The Hall–Kier alpha value is -0.910. The van der Waals surface area contributed by atoms with Crippen LogP contribution in [-0.2, 0) is 20.5 Å². The zero-order chi connectivity index (χ0) is 13.2. The third-order valence-electron chi connectivity index (χ3n) is 3.11. The lowest BCUT2D eigenvalue weighted by Gasteiger charge is -2.32. The van der Waals surface area contributed by atoms with Crippen LogP contribution >= 0.6 is 0 Å². The summed E-state index contributed by atoms with van der Waals surface area (Å²) in [5.74, 6) is 0.0426. The van der Waals surface area contributed by atoms with E-state index in [4.69, 9.17) is 4.74 Å². The van der Waals surface area contributed by atoms with E-state index in [-0.39, 0.29) is 12.0 Å². The molecule has 0 bridgehead atoms. The molecule has 0 radical (unpaired) electrons. The molecule has 1 atom stereocenters. The molecular formula is C13H19NO3S. The van der Waals surface area contributed by atoms with E-state index in [1.165, 1.54) is 4.31 Å². The topological polar surface area (TPSA) is 46.6 Å². The van der Waals surface area contributed by atoms with E-state index in [0.717, 1.165) is 17.5 Å². The van der Waals surface area contributed by atoms with Crippen LogP contribution in [0.1, 0.15) is 24.5 Å². The number of aryl methyl sites for hydroxylation is 1. The Balaban J connectivity index is 2.13. The van der Waals surface area contributed by atoms with Crippen LogP contribution in [0.25, 0.3) is 0 Å². The molecule has 1 fully saturated rings. The molecule has 0 saturated carbocycles. The predicted molar refractivity (Wildman–Crippen MR) is 70.5 cm³/mol. The molecule has 100 valence electrons. The Kier molecular flexibility index (Phi) is 4.04. The Morgan fingerprint density at radius 3 is 2.61 bits per heavy atom. The van der Waals surface area contributed by atoms with Gasteiger partial charge in [-0.1, -0.05) is 29.8 Å². The highest BCUT2D eigenvalue weighted by Gasteiger charge is 2.30. The fraction of sp³-hybridized carbons (Fsp3) is 0.538. The Labute approximate surface area is 109 Å². The molecule has 0 N–H and O–H groups in total. The number of hydrogen-bond donors (Lipinski definition) is 0. The van der Waals surface area contributed by atoms with Gasteiger partial charge in [0.15, 0.2) is 0 Å². The van der Waals surface area contributed by atoms with E-state index in [1.54, 1.807) is 6.92 Å². The molecule has 18 heavy (non-hydrogen) atoms. The number of nitrogens with zero attached hydrogens (tertiary/aromatic N) is 1. The third kappa shape index (κ3) is 3.10.